The first-order chi connectivity index (χ1) is 10.7. The van der Waals surface area contributed by atoms with Gasteiger partial charge in [-0.25, -0.2) is 14.2 Å². The van der Waals surface area contributed by atoms with Gasteiger partial charge < -0.3 is 10.4 Å². The number of nitrogens with one attached hydrogen (secondary N) is 1. The van der Waals surface area contributed by atoms with E-state index in [9.17, 15) is 27.2 Å². The summed E-state index contributed by atoms with van der Waals surface area (Å²) in [6.45, 7) is 0. The molecule has 0 fully saturated rings. The van der Waals surface area contributed by atoms with Gasteiger partial charge >= 0.3 is 12.1 Å². The highest BCUT2D eigenvalue weighted by atomic mass is 19.4. The van der Waals surface area contributed by atoms with Gasteiger partial charge in [-0.05, 0) is 30.3 Å². The molecule has 0 aliphatic carbocycles. The van der Waals surface area contributed by atoms with Crippen LogP contribution in [0.25, 0.3) is 0 Å². The van der Waals surface area contributed by atoms with E-state index in [0.29, 0.717) is 18.2 Å². The molecule has 0 saturated carbocycles. The van der Waals surface area contributed by atoms with Crippen molar-refractivity contribution in [2.45, 2.75) is 6.18 Å². The predicted molar refractivity (Wildman–Crippen MR) is 70.6 cm³/mol. The van der Waals surface area contributed by atoms with Crippen molar-refractivity contribution in [1.29, 1.82) is 0 Å². The Labute approximate surface area is 126 Å². The number of aromatic nitrogens is 1. The zero-order chi connectivity index (χ0) is 17.2. The molecular weight excluding hydrogens is 320 g/mol. The smallest absolute Gasteiger partial charge is 0.416 e. The number of hydrogen-bond acceptors (Lipinski definition) is 3. The predicted octanol–water partition coefficient (Wildman–Crippen LogP) is 3.19. The Morgan fingerprint density at radius 1 is 1.13 bits per heavy atom. The Hall–Kier alpha value is -2.97. The number of carbonyl (C=O) groups excluding carboxylic acids is 1. The number of benzene rings is 1. The quantitative estimate of drug-likeness (QED) is 0.848. The lowest BCUT2D eigenvalue weighted by molar-refractivity contribution is -0.137. The fourth-order valence-electron chi connectivity index (χ4n) is 1.67. The van der Waals surface area contributed by atoms with Crippen molar-refractivity contribution in [1.82, 2.24) is 4.98 Å². The van der Waals surface area contributed by atoms with Gasteiger partial charge in [0.25, 0.3) is 5.91 Å². The molecule has 0 aliphatic rings. The van der Waals surface area contributed by atoms with Crippen LogP contribution in [0.1, 0.15) is 26.4 Å². The molecule has 1 heterocycles. The largest absolute Gasteiger partial charge is 0.477 e. The Bertz CT molecular complexity index is 758. The number of rotatable bonds is 3. The minimum absolute atomic E-state index is 0.0109. The lowest BCUT2D eigenvalue weighted by atomic mass is 10.1. The topological polar surface area (TPSA) is 79.3 Å². The first-order valence-electron chi connectivity index (χ1n) is 6.06. The van der Waals surface area contributed by atoms with Crippen LogP contribution in [0, 0.1) is 5.82 Å². The highest BCUT2D eigenvalue weighted by molar-refractivity contribution is 6.04. The zero-order valence-electron chi connectivity index (χ0n) is 11.2. The fourth-order valence-corrected chi connectivity index (χ4v) is 1.67. The molecule has 1 aromatic carbocycles. The van der Waals surface area contributed by atoms with Gasteiger partial charge in [0.05, 0.1) is 23.0 Å². The summed E-state index contributed by atoms with van der Waals surface area (Å²) < 4.78 is 51.3. The summed E-state index contributed by atoms with van der Waals surface area (Å²) in [5.41, 5.74) is -2.23. The third-order valence-corrected chi connectivity index (χ3v) is 2.78. The lowest BCUT2D eigenvalue weighted by Crippen LogP contribution is -2.16. The number of halogens is 4. The molecule has 0 atom stereocenters. The van der Waals surface area contributed by atoms with Gasteiger partial charge in [-0.15, -0.1) is 0 Å². The Balaban J connectivity index is 2.25. The summed E-state index contributed by atoms with van der Waals surface area (Å²) in [4.78, 5) is 26.0. The van der Waals surface area contributed by atoms with Crippen molar-refractivity contribution in [2.24, 2.45) is 0 Å². The van der Waals surface area contributed by atoms with Gasteiger partial charge in [-0.3, -0.25) is 4.79 Å². The van der Waals surface area contributed by atoms with Crippen LogP contribution >= 0.6 is 0 Å². The molecule has 0 saturated heterocycles. The maximum Gasteiger partial charge on any atom is 0.416 e. The van der Waals surface area contributed by atoms with E-state index in [2.05, 4.69) is 10.3 Å². The Morgan fingerprint density at radius 2 is 1.83 bits per heavy atom. The van der Waals surface area contributed by atoms with E-state index in [1.165, 1.54) is 6.07 Å². The first-order valence-corrected chi connectivity index (χ1v) is 6.06. The van der Waals surface area contributed by atoms with Crippen LogP contribution in [0.5, 0.6) is 0 Å². The fraction of sp³-hybridized carbons (Fsp3) is 0.0714. The van der Waals surface area contributed by atoms with Crippen molar-refractivity contribution in [3.8, 4) is 0 Å². The van der Waals surface area contributed by atoms with Gasteiger partial charge in [0.1, 0.15) is 11.5 Å². The van der Waals surface area contributed by atoms with E-state index in [-0.39, 0.29) is 11.4 Å². The summed E-state index contributed by atoms with van der Waals surface area (Å²) in [5.74, 6) is -3.52. The van der Waals surface area contributed by atoms with Crippen LogP contribution in [0.15, 0.2) is 36.5 Å². The third kappa shape index (κ3) is 3.82. The summed E-state index contributed by atoms with van der Waals surface area (Å²) in [6, 6.07) is 3.73. The molecule has 2 aromatic rings. The van der Waals surface area contributed by atoms with Crippen LogP contribution in [0.4, 0.5) is 23.2 Å². The van der Waals surface area contributed by atoms with Gasteiger partial charge in [0.2, 0.25) is 0 Å². The van der Waals surface area contributed by atoms with Gasteiger partial charge in [0.15, 0.2) is 0 Å². The molecule has 1 aromatic heterocycles. The summed E-state index contributed by atoms with van der Waals surface area (Å²) in [7, 11) is 0. The second-order valence-electron chi connectivity index (χ2n) is 4.38. The lowest BCUT2D eigenvalue weighted by Gasteiger charge is -2.10. The van der Waals surface area contributed by atoms with Crippen molar-refractivity contribution in [2.75, 3.05) is 5.32 Å². The highest BCUT2D eigenvalue weighted by Crippen LogP contribution is 2.30. The normalized spacial score (nSPS) is 11.1. The second-order valence-corrected chi connectivity index (χ2v) is 4.38. The average Bonchev–Trinajstić information content (AvgIpc) is 2.46. The maximum atomic E-state index is 13.6. The first kappa shape index (κ1) is 16.4. The van der Waals surface area contributed by atoms with Crippen molar-refractivity contribution in [3.05, 3.63) is 59.2 Å². The van der Waals surface area contributed by atoms with Crippen LogP contribution in [0.2, 0.25) is 0 Å². The molecule has 2 N–H and O–H groups in total. The number of carbonyl (C=O) groups is 2. The minimum atomic E-state index is -4.71. The van der Waals surface area contributed by atoms with Gasteiger partial charge in [0, 0.05) is 0 Å². The molecule has 5 nitrogen and oxygen atoms in total. The standard InChI is InChI=1S/C14H8F4N2O3/c15-10-3-1-7(14(16,17)18)5-9(10)12(21)20-8-2-4-11(13(22)23)19-6-8/h1-6H,(H,20,21)(H,22,23). The number of aromatic carboxylic acids is 1. The highest BCUT2D eigenvalue weighted by Gasteiger charge is 2.32. The van der Waals surface area contributed by atoms with Crippen LogP contribution in [-0.4, -0.2) is 22.0 Å². The van der Waals surface area contributed by atoms with E-state index in [0.717, 1.165) is 12.3 Å². The molecule has 1 amide bonds. The van der Waals surface area contributed by atoms with E-state index in [1.807, 2.05) is 0 Å². The van der Waals surface area contributed by atoms with Crippen molar-refractivity contribution < 1.29 is 32.3 Å². The number of pyridine rings is 1. The van der Waals surface area contributed by atoms with Gasteiger partial charge in [-0.1, -0.05) is 0 Å². The van der Waals surface area contributed by atoms with E-state index < -0.39 is 35.0 Å². The summed E-state index contributed by atoms with van der Waals surface area (Å²) >= 11 is 0. The summed E-state index contributed by atoms with van der Waals surface area (Å²) in [6.07, 6.45) is -3.72. The number of carboxylic acids is 1. The Kier molecular flexibility index (Phi) is 4.30. The second kappa shape index (κ2) is 6.03. The number of carboxylic acid groups (broad SMARTS) is 1. The van der Waals surface area contributed by atoms with E-state index in [1.54, 1.807) is 0 Å². The number of amides is 1. The van der Waals surface area contributed by atoms with Crippen LogP contribution < -0.4 is 5.32 Å². The van der Waals surface area contributed by atoms with Crippen LogP contribution in [0.3, 0.4) is 0 Å². The number of anilines is 1. The molecule has 9 heteroatoms. The molecule has 23 heavy (non-hydrogen) atoms. The van der Waals surface area contributed by atoms with Crippen molar-refractivity contribution >= 4 is 17.6 Å². The molecule has 2 rings (SSSR count). The number of nitrogens with zero attached hydrogens (tertiary/aromatic N) is 1. The number of hydrogen-bond donors (Lipinski definition) is 2. The third-order valence-electron chi connectivity index (χ3n) is 2.78. The molecule has 0 unspecified atom stereocenters. The molecule has 0 bridgehead atoms. The molecule has 0 spiro atoms. The minimum Gasteiger partial charge on any atom is -0.477 e. The molecule has 0 radical (unpaired) electrons. The summed E-state index contributed by atoms with van der Waals surface area (Å²) in [5, 5.41) is 10.8. The van der Waals surface area contributed by atoms with Gasteiger partial charge in [-0.2, -0.15) is 13.2 Å². The molecule has 0 aliphatic heterocycles. The van der Waals surface area contributed by atoms with Crippen molar-refractivity contribution in [3.63, 3.8) is 0 Å². The van der Waals surface area contributed by atoms with E-state index >= 15 is 0 Å². The zero-order valence-corrected chi connectivity index (χ0v) is 11.2. The SMILES string of the molecule is O=C(O)c1ccc(NC(=O)c2cc(C(F)(F)F)ccc2F)cn1. The monoisotopic (exact) mass is 328 g/mol. The molecule has 120 valence electrons. The Morgan fingerprint density at radius 3 is 2.35 bits per heavy atom. The van der Waals surface area contributed by atoms with Crippen LogP contribution in [-0.2, 0) is 6.18 Å². The molecular formula is C14H8F4N2O3. The average molecular weight is 328 g/mol. The maximum absolute atomic E-state index is 13.6. The van der Waals surface area contributed by atoms with E-state index in [4.69, 9.17) is 5.11 Å². The number of alkyl halides is 3.